The van der Waals surface area contributed by atoms with E-state index >= 15 is 0 Å². The third-order valence-corrected chi connectivity index (χ3v) is 7.64. The molecule has 2 amide bonds. The van der Waals surface area contributed by atoms with Gasteiger partial charge in [-0.3, -0.25) is 14.8 Å². The van der Waals surface area contributed by atoms with Gasteiger partial charge in [0.15, 0.2) is 0 Å². The van der Waals surface area contributed by atoms with Crippen molar-refractivity contribution in [2.24, 2.45) is 5.41 Å². The van der Waals surface area contributed by atoms with E-state index in [-0.39, 0.29) is 11.8 Å². The summed E-state index contributed by atoms with van der Waals surface area (Å²) in [5.41, 5.74) is 2.18. The van der Waals surface area contributed by atoms with Crippen molar-refractivity contribution in [2.75, 3.05) is 57.7 Å². The Hall–Kier alpha value is -2.75. The lowest BCUT2D eigenvalue weighted by Crippen LogP contribution is -2.48. The lowest BCUT2D eigenvalue weighted by molar-refractivity contribution is 0.0701. The minimum atomic E-state index is -0.408. The van der Waals surface area contributed by atoms with Crippen molar-refractivity contribution < 1.29 is 4.79 Å². The number of aromatic nitrogens is 2. The molecule has 0 saturated carbocycles. The molecule has 3 N–H and O–H groups in total. The van der Waals surface area contributed by atoms with Gasteiger partial charge >= 0.3 is 11.7 Å². The summed E-state index contributed by atoms with van der Waals surface area (Å²) in [4.78, 5) is 33.3. The number of anilines is 1. The SMILES string of the molecule is O=C(Nc1ccn(-c2ccc(CN3CCC4(CCNCC4)CC3)cc2)c(=O)n1)N1CCNCC1. The summed E-state index contributed by atoms with van der Waals surface area (Å²) in [5.74, 6) is 0.276. The van der Waals surface area contributed by atoms with Gasteiger partial charge in [0.2, 0.25) is 0 Å². The maximum absolute atomic E-state index is 12.6. The highest BCUT2D eigenvalue weighted by molar-refractivity contribution is 5.88. The smallest absolute Gasteiger partial charge is 0.322 e. The fraction of sp³-hybridized carbons (Fsp3) is 0.560. The van der Waals surface area contributed by atoms with E-state index in [0.717, 1.165) is 38.4 Å². The monoisotopic (exact) mass is 465 g/mol. The van der Waals surface area contributed by atoms with Gasteiger partial charge in [0.1, 0.15) is 5.82 Å². The van der Waals surface area contributed by atoms with Gasteiger partial charge < -0.3 is 15.5 Å². The van der Waals surface area contributed by atoms with Gasteiger partial charge in [0.25, 0.3) is 0 Å². The van der Waals surface area contributed by atoms with Crippen LogP contribution < -0.4 is 21.6 Å². The number of amides is 2. The van der Waals surface area contributed by atoms with Gasteiger partial charge in [-0.05, 0) is 81.0 Å². The number of likely N-dealkylation sites (tertiary alicyclic amines) is 1. The number of rotatable bonds is 4. The molecule has 5 rings (SSSR count). The summed E-state index contributed by atoms with van der Waals surface area (Å²) in [6.45, 7) is 8.43. The molecular formula is C25H35N7O2. The number of nitrogens with one attached hydrogen (secondary N) is 3. The Balaban J connectivity index is 1.17. The van der Waals surface area contributed by atoms with Crippen LogP contribution >= 0.6 is 0 Å². The first-order valence-electron chi connectivity index (χ1n) is 12.5. The first-order valence-corrected chi connectivity index (χ1v) is 12.5. The molecule has 0 aliphatic carbocycles. The molecule has 3 fully saturated rings. The summed E-state index contributed by atoms with van der Waals surface area (Å²) in [6.07, 6.45) is 6.89. The Kier molecular flexibility index (Phi) is 6.94. The number of piperazine rings is 1. The zero-order valence-corrected chi connectivity index (χ0v) is 19.8. The van der Waals surface area contributed by atoms with Crippen LogP contribution in [-0.2, 0) is 6.54 Å². The summed E-state index contributed by atoms with van der Waals surface area (Å²) < 4.78 is 1.51. The minimum Gasteiger partial charge on any atom is -0.322 e. The molecule has 1 aromatic carbocycles. The molecule has 182 valence electrons. The third kappa shape index (κ3) is 5.32. The molecule has 0 radical (unpaired) electrons. The van der Waals surface area contributed by atoms with Crippen molar-refractivity contribution in [2.45, 2.75) is 32.2 Å². The van der Waals surface area contributed by atoms with Crippen molar-refractivity contribution in [3.8, 4) is 5.69 Å². The van der Waals surface area contributed by atoms with E-state index in [0.29, 0.717) is 18.5 Å². The highest BCUT2D eigenvalue weighted by Crippen LogP contribution is 2.39. The zero-order valence-electron chi connectivity index (χ0n) is 19.8. The number of hydrogen-bond donors (Lipinski definition) is 3. The highest BCUT2D eigenvalue weighted by Gasteiger charge is 2.35. The van der Waals surface area contributed by atoms with E-state index in [1.807, 2.05) is 12.1 Å². The van der Waals surface area contributed by atoms with Crippen molar-refractivity contribution in [1.82, 2.24) is 30.0 Å². The molecule has 3 aliphatic rings. The fourth-order valence-electron chi connectivity index (χ4n) is 5.39. The molecule has 1 spiro atoms. The van der Waals surface area contributed by atoms with E-state index in [1.165, 1.54) is 48.9 Å². The van der Waals surface area contributed by atoms with Crippen LogP contribution in [0.5, 0.6) is 0 Å². The Labute approximate surface area is 200 Å². The highest BCUT2D eigenvalue weighted by atomic mass is 16.2. The molecule has 3 saturated heterocycles. The quantitative estimate of drug-likeness (QED) is 0.636. The lowest BCUT2D eigenvalue weighted by Gasteiger charge is -2.44. The average molecular weight is 466 g/mol. The molecule has 1 aromatic heterocycles. The van der Waals surface area contributed by atoms with E-state index in [1.54, 1.807) is 17.2 Å². The Morgan fingerprint density at radius 2 is 1.59 bits per heavy atom. The van der Waals surface area contributed by atoms with Crippen LogP contribution in [0.2, 0.25) is 0 Å². The second-order valence-corrected chi connectivity index (χ2v) is 9.83. The third-order valence-electron chi connectivity index (χ3n) is 7.64. The average Bonchev–Trinajstić information content (AvgIpc) is 2.87. The number of carbonyl (C=O) groups excluding carboxylic acids is 1. The Morgan fingerprint density at radius 3 is 2.26 bits per heavy atom. The number of piperidine rings is 2. The van der Waals surface area contributed by atoms with Gasteiger partial charge in [-0.15, -0.1) is 0 Å². The number of hydrogen-bond acceptors (Lipinski definition) is 6. The molecule has 0 bridgehead atoms. The normalized spacial score (nSPS) is 20.9. The number of carbonyl (C=O) groups is 1. The van der Waals surface area contributed by atoms with Gasteiger partial charge in [0.05, 0.1) is 5.69 Å². The van der Waals surface area contributed by atoms with Crippen LogP contribution in [0.3, 0.4) is 0 Å². The molecule has 9 nitrogen and oxygen atoms in total. The number of nitrogens with zero attached hydrogens (tertiary/aromatic N) is 4. The molecular weight excluding hydrogens is 430 g/mol. The summed E-state index contributed by atoms with van der Waals surface area (Å²) in [5, 5.41) is 9.43. The first kappa shape index (κ1) is 23.0. The Morgan fingerprint density at radius 1 is 0.912 bits per heavy atom. The van der Waals surface area contributed by atoms with Crippen LogP contribution in [0.25, 0.3) is 5.69 Å². The number of benzene rings is 1. The van der Waals surface area contributed by atoms with E-state index in [9.17, 15) is 9.59 Å². The van der Waals surface area contributed by atoms with E-state index in [2.05, 4.69) is 38.0 Å². The maximum atomic E-state index is 12.6. The summed E-state index contributed by atoms with van der Waals surface area (Å²) in [7, 11) is 0. The van der Waals surface area contributed by atoms with Gasteiger partial charge in [-0.1, -0.05) is 12.1 Å². The number of urea groups is 1. The predicted molar refractivity (Wildman–Crippen MR) is 132 cm³/mol. The second-order valence-electron chi connectivity index (χ2n) is 9.83. The predicted octanol–water partition coefficient (Wildman–Crippen LogP) is 1.64. The largest absolute Gasteiger partial charge is 0.354 e. The van der Waals surface area contributed by atoms with Gasteiger partial charge in [-0.25, -0.2) is 9.59 Å². The summed E-state index contributed by atoms with van der Waals surface area (Å²) >= 11 is 0. The van der Waals surface area contributed by atoms with Crippen LogP contribution in [0, 0.1) is 5.41 Å². The molecule has 4 heterocycles. The fourth-order valence-corrected chi connectivity index (χ4v) is 5.39. The Bertz CT molecular complexity index is 1030. The van der Waals surface area contributed by atoms with E-state index in [4.69, 9.17) is 0 Å². The van der Waals surface area contributed by atoms with Crippen molar-refractivity contribution in [3.63, 3.8) is 0 Å². The van der Waals surface area contributed by atoms with Gasteiger partial charge in [-0.2, -0.15) is 4.98 Å². The van der Waals surface area contributed by atoms with Crippen LogP contribution in [-0.4, -0.2) is 77.7 Å². The van der Waals surface area contributed by atoms with Crippen molar-refractivity contribution >= 4 is 11.8 Å². The first-order chi connectivity index (χ1) is 16.6. The van der Waals surface area contributed by atoms with Gasteiger partial charge in [0, 0.05) is 38.9 Å². The summed E-state index contributed by atoms with van der Waals surface area (Å²) in [6, 6.07) is 9.57. The molecule has 0 atom stereocenters. The van der Waals surface area contributed by atoms with Crippen LogP contribution in [0.1, 0.15) is 31.2 Å². The minimum absolute atomic E-state index is 0.223. The van der Waals surface area contributed by atoms with Crippen LogP contribution in [0.15, 0.2) is 41.3 Å². The maximum Gasteiger partial charge on any atom is 0.354 e. The van der Waals surface area contributed by atoms with Crippen molar-refractivity contribution in [1.29, 1.82) is 0 Å². The molecule has 34 heavy (non-hydrogen) atoms. The van der Waals surface area contributed by atoms with Crippen molar-refractivity contribution in [3.05, 3.63) is 52.6 Å². The second kappa shape index (κ2) is 10.2. The molecule has 9 heteroatoms. The lowest BCUT2D eigenvalue weighted by atomic mass is 9.71. The molecule has 2 aromatic rings. The molecule has 3 aliphatic heterocycles. The van der Waals surface area contributed by atoms with Crippen LogP contribution in [0.4, 0.5) is 10.6 Å². The zero-order chi connectivity index (χ0) is 23.4. The topological polar surface area (TPSA) is 94.5 Å². The standard InChI is InChI=1S/C25H35N7O2/c33-23(31-17-12-27-13-18-31)28-22-5-14-32(24(34)29-22)21-3-1-20(2-4-21)19-30-15-8-25(9-16-30)6-10-26-11-7-25/h1-5,14,26-27H,6-13,15-19H2,(H,28,29,33,34). The molecule has 0 unspecified atom stereocenters. The van der Waals surface area contributed by atoms with E-state index < -0.39 is 5.69 Å².